The molecule has 15 heavy (non-hydrogen) atoms. The van der Waals surface area contributed by atoms with Crippen LogP contribution in [0.3, 0.4) is 0 Å². The Hall–Kier alpha value is -1.61. The highest BCUT2D eigenvalue weighted by Crippen LogP contribution is 2.16. The first-order chi connectivity index (χ1) is 7.31. The zero-order valence-electron chi connectivity index (χ0n) is 7.93. The Labute approximate surface area is 92.3 Å². The smallest absolute Gasteiger partial charge is 0.125 e. The number of aldehydes is 1. The lowest BCUT2D eigenvalue weighted by molar-refractivity contribution is -0.107. The van der Waals surface area contributed by atoms with Gasteiger partial charge in [0.2, 0.25) is 0 Å². The van der Waals surface area contributed by atoms with Crippen LogP contribution in [-0.4, -0.2) is 15.8 Å². The van der Waals surface area contributed by atoms with Crippen LogP contribution < -0.4 is 0 Å². The fourth-order valence-electron chi connectivity index (χ4n) is 1.42. The molecule has 1 aromatic carbocycles. The van der Waals surface area contributed by atoms with E-state index in [2.05, 4.69) is 4.98 Å². The molecule has 1 heterocycles. The molecule has 0 aliphatic carbocycles. The summed E-state index contributed by atoms with van der Waals surface area (Å²) >= 11 is 5.89. The average Bonchev–Trinajstić information content (AvgIpc) is 2.66. The quantitative estimate of drug-likeness (QED) is 0.744. The minimum absolute atomic E-state index is 0.354. The fourth-order valence-corrected chi connectivity index (χ4v) is 1.60. The molecule has 0 N–H and O–H groups in total. The van der Waals surface area contributed by atoms with Crippen molar-refractivity contribution in [3.05, 3.63) is 47.5 Å². The lowest BCUT2D eigenvalue weighted by Gasteiger charge is -2.05. The van der Waals surface area contributed by atoms with Crippen LogP contribution in [0.1, 0.15) is 5.69 Å². The van der Waals surface area contributed by atoms with Crippen LogP contribution in [0.4, 0.5) is 0 Å². The summed E-state index contributed by atoms with van der Waals surface area (Å²) in [6.45, 7) is 0. The lowest BCUT2D eigenvalue weighted by Crippen LogP contribution is -1.99. The van der Waals surface area contributed by atoms with Crippen molar-refractivity contribution in [1.29, 1.82) is 0 Å². The second-order valence-corrected chi connectivity index (χ2v) is 3.54. The summed E-state index contributed by atoms with van der Waals surface area (Å²) in [5.74, 6) is 0. The maximum Gasteiger partial charge on any atom is 0.125 e. The number of imidazole rings is 1. The molecule has 0 aliphatic rings. The Morgan fingerprint density at radius 1 is 1.47 bits per heavy atom. The molecule has 0 spiro atoms. The number of aromatic nitrogens is 2. The Balaban J connectivity index is 2.44. The van der Waals surface area contributed by atoms with Crippen molar-refractivity contribution < 1.29 is 4.79 Å². The van der Waals surface area contributed by atoms with Gasteiger partial charge in [0.1, 0.15) is 6.29 Å². The number of carbonyl (C=O) groups is 1. The second kappa shape index (κ2) is 4.28. The summed E-state index contributed by atoms with van der Waals surface area (Å²) in [6.07, 6.45) is 4.56. The van der Waals surface area contributed by atoms with E-state index in [0.717, 1.165) is 17.7 Å². The molecule has 4 heteroatoms. The summed E-state index contributed by atoms with van der Waals surface area (Å²) in [4.78, 5) is 14.5. The van der Waals surface area contributed by atoms with Crippen LogP contribution >= 0.6 is 11.6 Å². The van der Waals surface area contributed by atoms with Crippen LogP contribution in [0.5, 0.6) is 0 Å². The van der Waals surface area contributed by atoms with Crippen molar-refractivity contribution in [3.63, 3.8) is 0 Å². The molecule has 2 aromatic rings. The Bertz CT molecular complexity index is 479. The van der Waals surface area contributed by atoms with Gasteiger partial charge in [-0.1, -0.05) is 17.7 Å². The molecule has 0 amide bonds. The van der Waals surface area contributed by atoms with E-state index in [9.17, 15) is 4.79 Å². The number of hydrogen-bond donors (Lipinski definition) is 0. The van der Waals surface area contributed by atoms with Crippen LogP contribution in [-0.2, 0) is 11.2 Å². The number of carbonyl (C=O) groups excluding carboxylic acids is 1. The van der Waals surface area contributed by atoms with Gasteiger partial charge in [-0.25, -0.2) is 4.98 Å². The third-order valence-corrected chi connectivity index (χ3v) is 2.33. The Morgan fingerprint density at radius 2 is 2.33 bits per heavy atom. The summed E-state index contributed by atoms with van der Waals surface area (Å²) < 4.78 is 1.85. The topological polar surface area (TPSA) is 34.9 Å². The predicted molar refractivity (Wildman–Crippen MR) is 58.3 cm³/mol. The largest absolute Gasteiger partial charge is 0.303 e. The molecule has 0 unspecified atom stereocenters. The van der Waals surface area contributed by atoms with Crippen molar-refractivity contribution >= 4 is 17.9 Å². The summed E-state index contributed by atoms with van der Waals surface area (Å²) in [7, 11) is 0. The van der Waals surface area contributed by atoms with Crippen LogP contribution in [0.25, 0.3) is 5.69 Å². The molecule has 76 valence electrons. The number of halogens is 1. The minimum Gasteiger partial charge on any atom is -0.303 e. The highest BCUT2D eigenvalue weighted by atomic mass is 35.5. The molecule has 0 radical (unpaired) electrons. The molecule has 1 aromatic heterocycles. The first-order valence-corrected chi connectivity index (χ1v) is 4.90. The number of benzene rings is 1. The van der Waals surface area contributed by atoms with Gasteiger partial charge in [-0.2, -0.15) is 0 Å². The van der Waals surface area contributed by atoms with E-state index < -0.39 is 0 Å². The van der Waals surface area contributed by atoms with Gasteiger partial charge in [-0.15, -0.1) is 0 Å². The second-order valence-electron chi connectivity index (χ2n) is 3.11. The van der Waals surface area contributed by atoms with Gasteiger partial charge in [-0.05, 0) is 18.2 Å². The van der Waals surface area contributed by atoms with E-state index in [1.807, 2.05) is 22.8 Å². The molecule has 0 aliphatic heterocycles. The standard InChI is InChI=1S/C11H9ClN2O/c12-9-2-1-3-10(6-9)14-8-13-7-11(14)4-5-15/h1-3,5-8H,4H2. The summed E-state index contributed by atoms with van der Waals surface area (Å²) in [6, 6.07) is 7.42. The Morgan fingerprint density at radius 3 is 3.07 bits per heavy atom. The van der Waals surface area contributed by atoms with Gasteiger partial charge in [0.15, 0.2) is 0 Å². The van der Waals surface area contributed by atoms with Gasteiger partial charge in [0, 0.05) is 29.0 Å². The highest BCUT2D eigenvalue weighted by Gasteiger charge is 2.03. The summed E-state index contributed by atoms with van der Waals surface area (Å²) in [5, 5.41) is 0.665. The Kier molecular flexibility index (Phi) is 2.83. The van der Waals surface area contributed by atoms with E-state index >= 15 is 0 Å². The van der Waals surface area contributed by atoms with Gasteiger partial charge >= 0.3 is 0 Å². The van der Waals surface area contributed by atoms with E-state index in [1.165, 1.54) is 0 Å². The van der Waals surface area contributed by atoms with Crippen LogP contribution in [0.15, 0.2) is 36.8 Å². The van der Waals surface area contributed by atoms with Crippen molar-refractivity contribution in [3.8, 4) is 5.69 Å². The molecular formula is C11H9ClN2O. The van der Waals surface area contributed by atoms with Gasteiger partial charge in [-0.3, -0.25) is 0 Å². The van der Waals surface area contributed by atoms with Crippen LogP contribution in [0.2, 0.25) is 5.02 Å². The summed E-state index contributed by atoms with van der Waals surface area (Å²) in [5.41, 5.74) is 1.77. The molecule has 0 saturated heterocycles. The van der Waals surface area contributed by atoms with Crippen molar-refractivity contribution in [2.75, 3.05) is 0 Å². The minimum atomic E-state index is 0.354. The fraction of sp³-hybridized carbons (Fsp3) is 0.0909. The van der Waals surface area contributed by atoms with Gasteiger partial charge in [0.05, 0.1) is 6.33 Å². The molecule has 0 fully saturated rings. The molecule has 0 bridgehead atoms. The van der Waals surface area contributed by atoms with E-state index in [4.69, 9.17) is 11.6 Å². The molecule has 0 atom stereocenters. The van der Waals surface area contributed by atoms with Crippen LogP contribution in [0, 0.1) is 0 Å². The predicted octanol–water partition coefficient (Wildman–Crippen LogP) is 2.27. The van der Waals surface area contributed by atoms with E-state index in [-0.39, 0.29) is 0 Å². The average molecular weight is 221 g/mol. The third kappa shape index (κ3) is 2.07. The number of nitrogens with zero attached hydrogens (tertiary/aromatic N) is 2. The maximum absolute atomic E-state index is 10.5. The van der Waals surface area contributed by atoms with E-state index in [1.54, 1.807) is 18.6 Å². The zero-order chi connectivity index (χ0) is 10.7. The lowest BCUT2D eigenvalue weighted by atomic mass is 10.3. The molecule has 2 rings (SSSR count). The van der Waals surface area contributed by atoms with Gasteiger partial charge < -0.3 is 9.36 Å². The van der Waals surface area contributed by atoms with Crippen molar-refractivity contribution in [2.24, 2.45) is 0 Å². The first kappa shape index (κ1) is 9.93. The highest BCUT2D eigenvalue weighted by molar-refractivity contribution is 6.30. The van der Waals surface area contributed by atoms with E-state index in [0.29, 0.717) is 11.4 Å². The van der Waals surface area contributed by atoms with Crippen molar-refractivity contribution in [2.45, 2.75) is 6.42 Å². The SMILES string of the molecule is O=CCc1cncn1-c1cccc(Cl)c1. The number of rotatable bonds is 3. The van der Waals surface area contributed by atoms with Gasteiger partial charge in [0.25, 0.3) is 0 Å². The zero-order valence-corrected chi connectivity index (χ0v) is 8.69. The molecule has 3 nitrogen and oxygen atoms in total. The number of hydrogen-bond acceptors (Lipinski definition) is 2. The monoisotopic (exact) mass is 220 g/mol. The van der Waals surface area contributed by atoms with Crippen molar-refractivity contribution in [1.82, 2.24) is 9.55 Å². The first-order valence-electron chi connectivity index (χ1n) is 4.52. The normalized spacial score (nSPS) is 10.2. The third-order valence-electron chi connectivity index (χ3n) is 2.09. The maximum atomic E-state index is 10.5. The molecule has 0 saturated carbocycles. The molecular weight excluding hydrogens is 212 g/mol.